The van der Waals surface area contributed by atoms with Crippen LogP contribution in [0.3, 0.4) is 0 Å². The maximum Gasteiger partial charge on any atom is 0.253 e. The van der Waals surface area contributed by atoms with Gasteiger partial charge in [-0.05, 0) is 43.4 Å². The lowest BCUT2D eigenvalue weighted by atomic mass is 9.88. The summed E-state index contributed by atoms with van der Waals surface area (Å²) < 4.78 is 5.95. The van der Waals surface area contributed by atoms with Crippen molar-refractivity contribution in [2.45, 2.75) is 58.3 Å². The van der Waals surface area contributed by atoms with Crippen LogP contribution >= 0.6 is 0 Å². The van der Waals surface area contributed by atoms with Crippen molar-refractivity contribution in [1.29, 1.82) is 0 Å². The van der Waals surface area contributed by atoms with E-state index in [0.717, 1.165) is 17.7 Å². The summed E-state index contributed by atoms with van der Waals surface area (Å²) in [6, 6.07) is 7.58. The van der Waals surface area contributed by atoms with Crippen LogP contribution in [0.1, 0.15) is 45.1 Å². The van der Waals surface area contributed by atoms with Crippen LogP contribution in [-0.2, 0) is 16.1 Å². The highest BCUT2D eigenvalue weighted by molar-refractivity contribution is 5.93. The third-order valence-corrected chi connectivity index (χ3v) is 4.24. The molecule has 1 aliphatic carbocycles. The standard InChI is InChI=1S/C17H26N2O2/c1-12-5-3-4-6-16(12)21-13(2)17(20)19-15-9-7-14(11-18)8-10-15/h7-10,12-13,16H,3-6,11,18H2,1-2H3,(H,19,20). The lowest BCUT2D eigenvalue weighted by molar-refractivity contribution is -0.133. The Hall–Kier alpha value is -1.39. The molecule has 1 aromatic rings. The second-order valence-corrected chi connectivity index (χ2v) is 5.97. The number of carbonyl (C=O) groups is 1. The van der Waals surface area contributed by atoms with Crippen LogP contribution in [0.2, 0.25) is 0 Å². The first-order valence-corrected chi connectivity index (χ1v) is 7.85. The van der Waals surface area contributed by atoms with Crippen molar-refractivity contribution in [3.8, 4) is 0 Å². The van der Waals surface area contributed by atoms with Crippen LogP contribution in [0.4, 0.5) is 5.69 Å². The number of ether oxygens (including phenoxy) is 1. The highest BCUT2D eigenvalue weighted by Gasteiger charge is 2.26. The molecule has 3 unspecified atom stereocenters. The highest BCUT2D eigenvalue weighted by atomic mass is 16.5. The fourth-order valence-corrected chi connectivity index (χ4v) is 2.78. The van der Waals surface area contributed by atoms with E-state index in [1.54, 1.807) is 0 Å². The minimum Gasteiger partial charge on any atom is -0.365 e. The van der Waals surface area contributed by atoms with E-state index in [4.69, 9.17) is 10.5 Å². The number of nitrogens with two attached hydrogens (primary N) is 1. The molecule has 21 heavy (non-hydrogen) atoms. The molecule has 3 atom stereocenters. The molecular weight excluding hydrogens is 264 g/mol. The lowest BCUT2D eigenvalue weighted by Gasteiger charge is -2.30. The van der Waals surface area contributed by atoms with Crippen molar-refractivity contribution < 1.29 is 9.53 Å². The zero-order valence-corrected chi connectivity index (χ0v) is 13.0. The molecule has 1 aliphatic rings. The van der Waals surface area contributed by atoms with Crippen molar-refractivity contribution >= 4 is 11.6 Å². The fourth-order valence-electron chi connectivity index (χ4n) is 2.78. The molecule has 0 spiro atoms. The van der Waals surface area contributed by atoms with E-state index in [1.807, 2.05) is 31.2 Å². The topological polar surface area (TPSA) is 64.3 Å². The Kier molecular flexibility index (Phi) is 5.76. The van der Waals surface area contributed by atoms with Crippen LogP contribution in [0, 0.1) is 5.92 Å². The summed E-state index contributed by atoms with van der Waals surface area (Å²) in [6.07, 6.45) is 4.51. The summed E-state index contributed by atoms with van der Waals surface area (Å²) in [4.78, 5) is 12.2. The number of hydrogen-bond donors (Lipinski definition) is 2. The molecule has 0 aliphatic heterocycles. The second-order valence-electron chi connectivity index (χ2n) is 5.97. The summed E-state index contributed by atoms with van der Waals surface area (Å²) >= 11 is 0. The first-order valence-electron chi connectivity index (χ1n) is 7.85. The zero-order chi connectivity index (χ0) is 15.2. The molecule has 1 aromatic carbocycles. The van der Waals surface area contributed by atoms with Gasteiger partial charge in [-0.3, -0.25) is 4.79 Å². The SMILES string of the molecule is CC(OC1CCCCC1C)C(=O)Nc1ccc(CN)cc1. The van der Waals surface area contributed by atoms with Crippen LogP contribution in [0.5, 0.6) is 0 Å². The van der Waals surface area contributed by atoms with Crippen molar-refractivity contribution in [3.63, 3.8) is 0 Å². The number of hydrogen-bond acceptors (Lipinski definition) is 3. The number of anilines is 1. The molecule has 1 amide bonds. The summed E-state index contributed by atoms with van der Waals surface area (Å²) in [5.41, 5.74) is 7.39. The molecular formula is C17H26N2O2. The van der Waals surface area contributed by atoms with Gasteiger partial charge < -0.3 is 15.8 Å². The van der Waals surface area contributed by atoms with Gasteiger partial charge >= 0.3 is 0 Å². The molecule has 4 heteroatoms. The number of carbonyl (C=O) groups excluding carboxylic acids is 1. The molecule has 3 N–H and O–H groups in total. The van der Waals surface area contributed by atoms with E-state index in [1.165, 1.54) is 19.3 Å². The Morgan fingerprint density at radius 1 is 1.33 bits per heavy atom. The van der Waals surface area contributed by atoms with Crippen LogP contribution in [0.15, 0.2) is 24.3 Å². The molecule has 4 nitrogen and oxygen atoms in total. The number of nitrogens with one attached hydrogen (secondary N) is 1. The molecule has 116 valence electrons. The zero-order valence-electron chi connectivity index (χ0n) is 13.0. The summed E-state index contributed by atoms with van der Waals surface area (Å²) in [6.45, 7) is 4.54. The molecule has 0 radical (unpaired) electrons. The predicted molar refractivity (Wildman–Crippen MR) is 84.9 cm³/mol. The summed E-state index contributed by atoms with van der Waals surface area (Å²) in [5, 5.41) is 2.89. The Bertz CT molecular complexity index is 458. The van der Waals surface area contributed by atoms with Gasteiger partial charge in [-0.25, -0.2) is 0 Å². The smallest absolute Gasteiger partial charge is 0.253 e. The van der Waals surface area contributed by atoms with E-state index < -0.39 is 6.10 Å². The van der Waals surface area contributed by atoms with E-state index >= 15 is 0 Å². The van der Waals surface area contributed by atoms with Crippen LogP contribution in [0.25, 0.3) is 0 Å². The van der Waals surface area contributed by atoms with Gasteiger partial charge in [-0.15, -0.1) is 0 Å². The van der Waals surface area contributed by atoms with Gasteiger partial charge in [0.25, 0.3) is 5.91 Å². The molecule has 0 heterocycles. The maximum atomic E-state index is 12.2. The first kappa shape index (κ1) is 16.0. The van der Waals surface area contributed by atoms with Gasteiger partial charge in [-0.1, -0.05) is 31.9 Å². The minimum atomic E-state index is -0.426. The fraction of sp³-hybridized carbons (Fsp3) is 0.588. The third-order valence-electron chi connectivity index (χ3n) is 4.24. The van der Waals surface area contributed by atoms with E-state index in [-0.39, 0.29) is 12.0 Å². The largest absolute Gasteiger partial charge is 0.365 e. The van der Waals surface area contributed by atoms with Crippen LogP contribution in [-0.4, -0.2) is 18.1 Å². The summed E-state index contributed by atoms with van der Waals surface area (Å²) in [5.74, 6) is 0.450. The van der Waals surface area contributed by atoms with Crippen LogP contribution < -0.4 is 11.1 Å². The van der Waals surface area contributed by atoms with Gasteiger partial charge in [0.15, 0.2) is 0 Å². The number of amides is 1. The lowest BCUT2D eigenvalue weighted by Crippen LogP contribution is -2.35. The van der Waals surface area contributed by atoms with Gasteiger partial charge in [0.1, 0.15) is 6.10 Å². The Labute approximate surface area is 127 Å². The Balaban J connectivity index is 1.86. The molecule has 1 fully saturated rings. The van der Waals surface area contributed by atoms with E-state index in [9.17, 15) is 4.79 Å². The van der Waals surface area contributed by atoms with Crippen molar-refractivity contribution in [1.82, 2.24) is 0 Å². The Morgan fingerprint density at radius 3 is 2.62 bits per heavy atom. The van der Waals surface area contributed by atoms with Gasteiger partial charge in [0, 0.05) is 12.2 Å². The Morgan fingerprint density at radius 2 is 2.00 bits per heavy atom. The monoisotopic (exact) mass is 290 g/mol. The molecule has 1 saturated carbocycles. The average molecular weight is 290 g/mol. The third kappa shape index (κ3) is 4.55. The van der Waals surface area contributed by atoms with E-state index in [2.05, 4.69) is 12.2 Å². The van der Waals surface area contributed by atoms with Crippen molar-refractivity contribution in [2.24, 2.45) is 11.7 Å². The van der Waals surface area contributed by atoms with Gasteiger partial charge in [0.2, 0.25) is 0 Å². The average Bonchev–Trinajstić information content (AvgIpc) is 2.50. The molecule has 0 saturated heterocycles. The molecule has 0 aromatic heterocycles. The quantitative estimate of drug-likeness (QED) is 0.876. The van der Waals surface area contributed by atoms with Gasteiger partial charge in [0.05, 0.1) is 6.10 Å². The number of rotatable bonds is 5. The maximum absolute atomic E-state index is 12.2. The van der Waals surface area contributed by atoms with Crippen molar-refractivity contribution in [3.05, 3.63) is 29.8 Å². The minimum absolute atomic E-state index is 0.0896. The van der Waals surface area contributed by atoms with Crippen molar-refractivity contribution in [2.75, 3.05) is 5.32 Å². The summed E-state index contributed by atoms with van der Waals surface area (Å²) in [7, 11) is 0. The highest BCUT2D eigenvalue weighted by Crippen LogP contribution is 2.27. The second kappa shape index (κ2) is 7.57. The first-order chi connectivity index (χ1) is 10.1. The molecule has 2 rings (SSSR count). The predicted octanol–water partition coefficient (Wildman–Crippen LogP) is 3.07. The van der Waals surface area contributed by atoms with E-state index in [0.29, 0.717) is 12.5 Å². The molecule has 0 bridgehead atoms. The van der Waals surface area contributed by atoms with Gasteiger partial charge in [-0.2, -0.15) is 0 Å². The number of benzene rings is 1. The normalized spacial score (nSPS) is 23.6.